The summed E-state index contributed by atoms with van der Waals surface area (Å²) in [6.45, 7) is 5.00. The molecule has 184 valence electrons. The molecule has 0 saturated heterocycles. The topological polar surface area (TPSA) is 79.5 Å². The molecule has 0 aromatic heterocycles. The highest BCUT2D eigenvalue weighted by atomic mass is 16.5. The molecule has 3 aromatic carbocycles. The van der Waals surface area contributed by atoms with Gasteiger partial charge >= 0.3 is 0 Å². The monoisotopic (exact) mass is 473 g/mol. The summed E-state index contributed by atoms with van der Waals surface area (Å²) in [7, 11) is 0. The zero-order valence-electron chi connectivity index (χ0n) is 20.6. The summed E-state index contributed by atoms with van der Waals surface area (Å²) in [6, 6.07) is 24.2. The van der Waals surface area contributed by atoms with Crippen molar-refractivity contribution in [2.24, 2.45) is 0 Å². The van der Waals surface area contributed by atoms with Crippen molar-refractivity contribution in [1.82, 2.24) is 5.32 Å². The van der Waals surface area contributed by atoms with Gasteiger partial charge < -0.3 is 20.7 Å². The minimum absolute atomic E-state index is 0.0967. The lowest BCUT2D eigenvalue weighted by atomic mass is 10.1. The number of rotatable bonds is 13. The van der Waals surface area contributed by atoms with Gasteiger partial charge in [-0.05, 0) is 67.4 Å². The van der Waals surface area contributed by atoms with Gasteiger partial charge in [-0.3, -0.25) is 9.59 Å². The van der Waals surface area contributed by atoms with Crippen LogP contribution in [0.15, 0.2) is 78.9 Å². The van der Waals surface area contributed by atoms with Crippen LogP contribution in [0.5, 0.6) is 5.75 Å². The second kappa shape index (κ2) is 13.8. The highest BCUT2D eigenvalue weighted by Crippen LogP contribution is 2.17. The summed E-state index contributed by atoms with van der Waals surface area (Å²) in [5.74, 6) is 0.504. The number of benzene rings is 3. The van der Waals surface area contributed by atoms with Crippen molar-refractivity contribution in [3.05, 3.63) is 90.0 Å². The van der Waals surface area contributed by atoms with E-state index in [2.05, 4.69) is 22.9 Å². The molecular weight excluding hydrogens is 438 g/mol. The maximum atomic E-state index is 12.5. The first-order chi connectivity index (χ1) is 17.0. The van der Waals surface area contributed by atoms with Crippen molar-refractivity contribution in [1.29, 1.82) is 0 Å². The molecule has 0 fully saturated rings. The van der Waals surface area contributed by atoms with Crippen molar-refractivity contribution in [3.8, 4) is 5.75 Å². The lowest BCUT2D eigenvalue weighted by Gasteiger charge is -2.14. The van der Waals surface area contributed by atoms with Gasteiger partial charge in [0.05, 0.1) is 19.2 Å². The first-order valence-corrected chi connectivity index (χ1v) is 12.3. The van der Waals surface area contributed by atoms with E-state index in [9.17, 15) is 9.59 Å². The van der Waals surface area contributed by atoms with Crippen LogP contribution in [0, 0.1) is 0 Å². The fraction of sp³-hybridized carbons (Fsp3) is 0.310. The lowest BCUT2D eigenvalue weighted by molar-refractivity contribution is -0.114. The highest BCUT2D eigenvalue weighted by Gasteiger charge is 2.11. The third-order valence-electron chi connectivity index (χ3n) is 5.65. The molecule has 0 spiro atoms. The van der Waals surface area contributed by atoms with Crippen LogP contribution in [0.4, 0.5) is 11.4 Å². The summed E-state index contributed by atoms with van der Waals surface area (Å²) >= 11 is 0. The molecule has 0 aliphatic carbocycles. The van der Waals surface area contributed by atoms with Crippen LogP contribution in [-0.4, -0.2) is 25.0 Å². The molecule has 6 nitrogen and oxygen atoms in total. The Hall–Kier alpha value is -3.80. The average Bonchev–Trinajstić information content (AvgIpc) is 2.89. The van der Waals surface area contributed by atoms with Crippen LogP contribution < -0.4 is 20.7 Å². The quantitative estimate of drug-likeness (QED) is 0.259. The number of carbonyl (C=O) groups excluding carboxylic acids is 2. The molecule has 3 rings (SSSR count). The minimum Gasteiger partial charge on any atom is -0.494 e. The third-order valence-corrected chi connectivity index (χ3v) is 5.65. The number of ether oxygens (including phenoxy) is 1. The van der Waals surface area contributed by atoms with E-state index >= 15 is 0 Å². The standard InChI is InChI=1S/C29H35N3O3/c1-3-4-5-9-20-35-27-18-16-25(17-19-27)30-21-28(33)32-26-14-12-24(13-15-26)29(34)31-22(2)23-10-7-6-8-11-23/h6-8,10-19,22,30H,3-5,9,20-21H2,1-2H3,(H,31,34)(H,32,33). The summed E-state index contributed by atoms with van der Waals surface area (Å²) in [4.78, 5) is 24.9. The van der Waals surface area contributed by atoms with Gasteiger partial charge in [0, 0.05) is 16.9 Å². The number of amides is 2. The predicted octanol–water partition coefficient (Wildman–Crippen LogP) is 6.19. The highest BCUT2D eigenvalue weighted by molar-refractivity contribution is 5.96. The van der Waals surface area contributed by atoms with E-state index in [4.69, 9.17) is 4.74 Å². The molecule has 3 aromatic rings. The van der Waals surface area contributed by atoms with Crippen molar-refractivity contribution in [3.63, 3.8) is 0 Å². The fourth-order valence-electron chi connectivity index (χ4n) is 3.59. The molecule has 0 bridgehead atoms. The van der Waals surface area contributed by atoms with Gasteiger partial charge in [-0.2, -0.15) is 0 Å². The van der Waals surface area contributed by atoms with Crippen LogP contribution in [0.3, 0.4) is 0 Å². The normalized spacial score (nSPS) is 11.4. The number of carbonyl (C=O) groups is 2. The Balaban J connectivity index is 1.40. The van der Waals surface area contributed by atoms with Crippen molar-refractivity contribution >= 4 is 23.2 Å². The van der Waals surface area contributed by atoms with Crippen LogP contribution in [0.2, 0.25) is 0 Å². The maximum Gasteiger partial charge on any atom is 0.251 e. The first kappa shape index (κ1) is 25.8. The summed E-state index contributed by atoms with van der Waals surface area (Å²) in [5.41, 5.74) is 3.06. The third kappa shape index (κ3) is 8.81. The van der Waals surface area contributed by atoms with Crippen LogP contribution in [0.1, 0.15) is 61.5 Å². The fourth-order valence-corrected chi connectivity index (χ4v) is 3.59. The predicted molar refractivity (Wildman–Crippen MR) is 142 cm³/mol. The Labute approximate surface area is 208 Å². The second-order valence-corrected chi connectivity index (χ2v) is 8.52. The van der Waals surface area contributed by atoms with Crippen LogP contribution in [0.25, 0.3) is 0 Å². The van der Waals surface area contributed by atoms with Gasteiger partial charge in [0.2, 0.25) is 5.91 Å². The molecule has 6 heteroatoms. The summed E-state index contributed by atoms with van der Waals surface area (Å²) in [5, 5.41) is 8.94. The van der Waals surface area contributed by atoms with E-state index < -0.39 is 0 Å². The summed E-state index contributed by atoms with van der Waals surface area (Å²) in [6.07, 6.45) is 4.70. The van der Waals surface area contributed by atoms with Gasteiger partial charge in [0.25, 0.3) is 5.91 Å². The minimum atomic E-state index is -0.170. The number of nitrogens with one attached hydrogen (secondary N) is 3. The number of hydrogen-bond donors (Lipinski definition) is 3. The molecule has 0 saturated carbocycles. The zero-order valence-corrected chi connectivity index (χ0v) is 20.6. The maximum absolute atomic E-state index is 12.5. The molecule has 0 aliphatic heterocycles. The molecule has 1 atom stereocenters. The molecule has 3 N–H and O–H groups in total. The van der Waals surface area contributed by atoms with Crippen molar-refractivity contribution in [2.45, 2.75) is 45.6 Å². The number of anilines is 2. The number of hydrogen-bond acceptors (Lipinski definition) is 4. The molecule has 2 amide bonds. The van der Waals surface area contributed by atoms with E-state index in [1.807, 2.05) is 61.5 Å². The Morgan fingerprint density at radius 2 is 1.51 bits per heavy atom. The van der Waals surface area contributed by atoms with Gasteiger partial charge in [0.15, 0.2) is 0 Å². The average molecular weight is 474 g/mol. The first-order valence-electron chi connectivity index (χ1n) is 12.3. The number of unbranched alkanes of at least 4 members (excludes halogenated alkanes) is 3. The molecule has 0 heterocycles. The van der Waals surface area contributed by atoms with E-state index in [0.717, 1.165) is 30.0 Å². The molecule has 1 unspecified atom stereocenters. The van der Waals surface area contributed by atoms with Crippen LogP contribution in [-0.2, 0) is 4.79 Å². The lowest BCUT2D eigenvalue weighted by Crippen LogP contribution is -2.26. The Kier molecular flexibility index (Phi) is 10.2. The smallest absolute Gasteiger partial charge is 0.251 e. The largest absolute Gasteiger partial charge is 0.494 e. The summed E-state index contributed by atoms with van der Waals surface area (Å²) < 4.78 is 5.75. The van der Waals surface area contributed by atoms with E-state index in [1.165, 1.54) is 19.3 Å². The zero-order chi connectivity index (χ0) is 24.9. The molecular formula is C29H35N3O3. The van der Waals surface area contributed by atoms with Crippen LogP contribution >= 0.6 is 0 Å². The van der Waals surface area contributed by atoms with E-state index in [1.54, 1.807) is 24.3 Å². The molecule has 0 radical (unpaired) electrons. The van der Waals surface area contributed by atoms with Crippen molar-refractivity contribution < 1.29 is 14.3 Å². The Bertz CT molecular complexity index is 1050. The SMILES string of the molecule is CCCCCCOc1ccc(NCC(=O)Nc2ccc(C(=O)NC(C)c3ccccc3)cc2)cc1. The molecule has 0 aliphatic rings. The second-order valence-electron chi connectivity index (χ2n) is 8.52. The Morgan fingerprint density at radius 3 is 2.20 bits per heavy atom. The van der Waals surface area contributed by atoms with Gasteiger partial charge in [-0.25, -0.2) is 0 Å². The Morgan fingerprint density at radius 1 is 0.829 bits per heavy atom. The van der Waals surface area contributed by atoms with Gasteiger partial charge in [-0.1, -0.05) is 56.5 Å². The van der Waals surface area contributed by atoms with E-state index in [-0.39, 0.29) is 24.4 Å². The van der Waals surface area contributed by atoms with Gasteiger partial charge in [-0.15, -0.1) is 0 Å². The molecule has 35 heavy (non-hydrogen) atoms. The van der Waals surface area contributed by atoms with E-state index in [0.29, 0.717) is 11.3 Å². The van der Waals surface area contributed by atoms with Gasteiger partial charge in [0.1, 0.15) is 5.75 Å². The van der Waals surface area contributed by atoms with Crippen molar-refractivity contribution in [2.75, 3.05) is 23.8 Å².